The molecule has 0 fully saturated rings. The van der Waals surface area contributed by atoms with Gasteiger partial charge in [-0.3, -0.25) is 40.5 Å². The molecule has 0 saturated carbocycles. The molecule has 0 heterocycles. The average Bonchev–Trinajstić information content (AvgIpc) is 3.18. The molecule has 24 nitrogen and oxygen atoms in total. The molecule has 57 heavy (non-hydrogen) atoms. The molecule has 0 spiro atoms. The topological polar surface area (TPSA) is 315 Å². The first kappa shape index (κ1) is 41.3. The van der Waals surface area contributed by atoms with Crippen LogP contribution >= 0.6 is 0 Å². The summed E-state index contributed by atoms with van der Waals surface area (Å²) in [7, 11) is 0. The molecule has 0 unspecified atom stereocenters. The SMILES string of the molecule is O=C(OCC(COC(=O)Oc1ccc([N+](=O)[O-])cc1)(COC(=O)Oc1ccc([N+](=O)[O-])cc1)COC(=O)Oc1ccc([N+](=O)[O-])cc1)Oc1ccc([N+](=O)[O-])cc1. The van der Waals surface area contributed by atoms with Crippen molar-refractivity contribution < 1.29 is 76.8 Å². The molecular formula is C33H24N4O20. The van der Waals surface area contributed by atoms with E-state index in [1.165, 1.54) is 0 Å². The van der Waals surface area contributed by atoms with Crippen LogP contribution in [-0.2, 0) is 18.9 Å². The van der Waals surface area contributed by atoms with Gasteiger partial charge in [0.05, 0.1) is 19.7 Å². The van der Waals surface area contributed by atoms with Gasteiger partial charge in [0.25, 0.3) is 22.7 Å². The Morgan fingerprint density at radius 1 is 0.368 bits per heavy atom. The molecule has 0 amide bonds. The van der Waals surface area contributed by atoms with Crippen molar-refractivity contribution in [3.63, 3.8) is 0 Å². The number of carbonyl (C=O) groups is 4. The maximum atomic E-state index is 12.7. The van der Waals surface area contributed by atoms with Gasteiger partial charge in [-0.05, 0) is 48.5 Å². The average molecular weight is 797 g/mol. The minimum atomic E-state index is -2.08. The maximum Gasteiger partial charge on any atom is 0.513 e. The molecule has 0 aliphatic carbocycles. The van der Waals surface area contributed by atoms with Crippen molar-refractivity contribution in [1.82, 2.24) is 0 Å². The lowest BCUT2D eigenvalue weighted by Crippen LogP contribution is -2.44. The highest BCUT2D eigenvalue weighted by Crippen LogP contribution is 2.26. The van der Waals surface area contributed by atoms with E-state index in [9.17, 15) is 59.6 Å². The first-order chi connectivity index (χ1) is 27.1. The Balaban J connectivity index is 1.56. The summed E-state index contributed by atoms with van der Waals surface area (Å²) in [6.45, 7) is -3.84. The second kappa shape index (κ2) is 19.1. The number of hydrogen-bond acceptors (Lipinski definition) is 20. The minimum Gasteiger partial charge on any atom is -0.433 e. The fourth-order valence-electron chi connectivity index (χ4n) is 4.14. The van der Waals surface area contributed by atoms with Gasteiger partial charge in [-0.1, -0.05) is 0 Å². The zero-order valence-electron chi connectivity index (χ0n) is 28.5. The van der Waals surface area contributed by atoms with E-state index in [2.05, 4.69) is 0 Å². The van der Waals surface area contributed by atoms with Crippen molar-refractivity contribution in [3.8, 4) is 23.0 Å². The molecule has 0 N–H and O–H groups in total. The van der Waals surface area contributed by atoms with Crippen LogP contribution in [0.15, 0.2) is 97.1 Å². The van der Waals surface area contributed by atoms with Gasteiger partial charge < -0.3 is 37.9 Å². The highest BCUT2D eigenvalue weighted by Gasteiger charge is 2.39. The number of nitrogens with zero attached hydrogens (tertiary/aromatic N) is 4. The normalized spacial score (nSPS) is 10.5. The number of carbonyl (C=O) groups excluding carboxylic acids is 4. The molecule has 4 rings (SSSR count). The number of rotatable bonds is 16. The van der Waals surface area contributed by atoms with Crippen LogP contribution in [0.1, 0.15) is 0 Å². The van der Waals surface area contributed by atoms with E-state index < -0.39 is 76.2 Å². The van der Waals surface area contributed by atoms with Gasteiger partial charge in [0.15, 0.2) is 0 Å². The zero-order valence-corrected chi connectivity index (χ0v) is 28.5. The lowest BCUT2D eigenvalue weighted by Gasteiger charge is -2.30. The van der Waals surface area contributed by atoms with Gasteiger partial charge in [-0.15, -0.1) is 0 Å². The van der Waals surface area contributed by atoms with Crippen molar-refractivity contribution >= 4 is 47.4 Å². The third kappa shape index (κ3) is 12.9. The monoisotopic (exact) mass is 796 g/mol. The third-order valence-corrected chi connectivity index (χ3v) is 6.98. The van der Waals surface area contributed by atoms with Crippen LogP contribution in [0.4, 0.5) is 41.9 Å². The molecule has 4 aromatic carbocycles. The molecule has 0 radical (unpaired) electrons. The van der Waals surface area contributed by atoms with Gasteiger partial charge in [-0.25, -0.2) is 19.2 Å². The minimum absolute atomic E-state index is 0.218. The Labute approximate surface area is 316 Å². The summed E-state index contributed by atoms with van der Waals surface area (Å²) in [5, 5.41) is 43.8. The summed E-state index contributed by atoms with van der Waals surface area (Å²) in [6.07, 6.45) is -5.82. The van der Waals surface area contributed by atoms with Crippen LogP contribution < -0.4 is 18.9 Å². The second-order valence-corrected chi connectivity index (χ2v) is 11.1. The van der Waals surface area contributed by atoms with Gasteiger partial charge >= 0.3 is 24.6 Å². The Bertz CT molecular complexity index is 1820. The fourth-order valence-corrected chi connectivity index (χ4v) is 4.14. The molecule has 0 aliphatic heterocycles. The number of non-ortho nitro benzene ring substituents is 4. The van der Waals surface area contributed by atoms with Crippen molar-refractivity contribution in [2.75, 3.05) is 26.4 Å². The molecule has 24 heteroatoms. The molecule has 0 aromatic heterocycles. The van der Waals surface area contributed by atoms with Gasteiger partial charge in [0.2, 0.25) is 0 Å². The van der Waals surface area contributed by atoms with Crippen molar-refractivity contribution in [1.29, 1.82) is 0 Å². The van der Waals surface area contributed by atoms with E-state index in [0.29, 0.717) is 0 Å². The Kier molecular flexibility index (Phi) is 13.8. The zero-order chi connectivity index (χ0) is 41.5. The van der Waals surface area contributed by atoms with Crippen LogP contribution in [0.2, 0.25) is 0 Å². The van der Waals surface area contributed by atoms with Crippen LogP contribution in [0.25, 0.3) is 0 Å². The maximum absolute atomic E-state index is 12.7. The van der Waals surface area contributed by atoms with E-state index in [1.807, 2.05) is 0 Å². The van der Waals surface area contributed by atoms with Crippen molar-refractivity contribution in [2.45, 2.75) is 0 Å². The number of ether oxygens (including phenoxy) is 8. The molecule has 296 valence electrons. The molecule has 4 aromatic rings. The molecule has 0 aliphatic rings. The first-order valence-corrected chi connectivity index (χ1v) is 15.5. The summed E-state index contributed by atoms with van der Waals surface area (Å²) in [5.74, 6) is -0.870. The predicted molar refractivity (Wildman–Crippen MR) is 183 cm³/mol. The summed E-state index contributed by atoms with van der Waals surface area (Å²) in [6, 6.07) is 16.7. The quantitative estimate of drug-likeness (QED) is 0.0385. The summed E-state index contributed by atoms with van der Waals surface area (Å²) >= 11 is 0. The molecule has 0 bridgehead atoms. The van der Waals surface area contributed by atoms with Gasteiger partial charge in [-0.2, -0.15) is 0 Å². The molecular weight excluding hydrogens is 772 g/mol. The standard InChI is InChI=1S/C33H24N4O20/c38-29(54-25-9-1-21(2-10-25)34(42)43)50-17-33(18-51-30(39)55-26-11-3-22(4-12-26)35(44)45,19-52-31(40)56-27-13-5-23(6-14-27)36(46)47)20-53-32(41)57-28-15-7-24(8-16-28)37(48)49/h1-16H,17-20H2. The largest absolute Gasteiger partial charge is 0.513 e. The lowest BCUT2D eigenvalue weighted by molar-refractivity contribution is -0.385. The van der Waals surface area contributed by atoms with E-state index in [4.69, 9.17) is 37.9 Å². The van der Waals surface area contributed by atoms with Crippen LogP contribution in [-0.4, -0.2) is 70.7 Å². The van der Waals surface area contributed by atoms with Crippen LogP contribution in [0.5, 0.6) is 23.0 Å². The first-order valence-electron chi connectivity index (χ1n) is 15.5. The van der Waals surface area contributed by atoms with E-state index in [1.54, 1.807) is 0 Å². The van der Waals surface area contributed by atoms with E-state index in [0.717, 1.165) is 97.1 Å². The van der Waals surface area contributed by atoms with E-state index >= 15 is 0 Å². The summed E-state index contributed by atoms with van der Waals surface area (Å²) in [4.78, 5) is 91.9. The molecule has 0 saturated heterocycles. The summed E-state index contributed by atoms with van der Waals surface area (Å²) < 4.78 is 40.7. The predicted octanol–water partition coefficient (Wildman–Crippen LogP) is 6.47. The molecule has 0 atom stereocenters. The number of benzene rings is 4. The van der Waals surface area contributed by atoms with Crippen LogP contribution in [0, 0.1) is 45.9 Å². The number of nitro benzene ring substituents is 4. The van der Waals surface area contributed by atoms with Crippen molar-refractivity contribution in [2.24, 2.45) is 5.41 Å². The smallest absolute Gasteiger partial charge is 0.433 e. The second-order valence-electron chi connectivity index (χ2n) is 11.1. The fraction of sp³-hybridized carbons (Fsp3) is 0.152. The highest BCUT2D eigenvalue weighted by atomic mass is 16.8. The van der Waals surface area contributed by atoms with Gasteiger partial charge in [0, 0.05) is 48.5 Å². The van der Waals surface area contributed by atoms with Gasteiger partial charge in [0.1, 0.15) is 54.8 Å². The van der Waals surface area contributed by atoms with Crippen LogP contribution in [0.3, 0.4) is 0 Å². The van der Waals surface area contributed by atoms with Crippen molar-refractivity contribution in [3.05, 3.63) is 138 Å². The number of nitro groups is 4. The number of hydrogen-bond donors (Lipinski definition) is 0. The third-order valence-electron chi connectivity index (χ3n) is 6.98. The van der Waals surface area contributed by atoms with E-state index in [-0.39, 0.29) is 45.7 Å². The highest BCUT2D eigenvalue weighted by molar-refractivity contribution is 5.66. The lowest BCUT2D eigenvalue weighted by atomic mass is 9.92. The Hall–Kier alpha value is -8.44. The Morgan fingerprint density at radius 2 is 0.544 bits per heavy atom. The Morgan fingerprint density at radius 3 is 0.702 bits per heavy atom. The summed E-state index contributed by atoms with van der Waals surface area (Å²) in [5.41, 5.74) is -3.40.